The van der Waals surface area contributed by atoms with E-state index in [0.29, 0.717) is 11.6 Å². The summed E-state index contributed by atoms with van der Waals surface area (Å²) in [6.07, 6.45) is 5.77. The molecular formula is C8H10N2OS. The van der Waals surface area contributed by atoms with Crippen molar-refractivity contribution >= 4 is 17.8 Å². The van der Waals surface area contributed by atoms with E-state index in [1.54, 1.807) is 0 Å². The zero-order chi connectivity index (χ0) is 8.39. The van der Waals surface area contributed by atoms with Crippen LogP contribution >= 0.6 is 11.5 Å². The zero-order valence-corrected chi connectivity index (χ0v) is 7.51. The molecule has 0 radical (unpaired) electrons. The molecule has 0 aromatic carbocycles. The van der Waals surface area contributed by atoms with Gasteiger partial charge in [-0.2, -0.15) is 0 Å². The van der Waals surface area contributed by atoms with Gasteiger partial charge in [-0.25, -0.2) is 0 Å². The summed E-state index contributed by atoms with van der Waals surface area (Å²) in [6, 6.07) is 0. The lowest BCUT2D eigenvalue weighted by atomic mass is 10.1. The normalized spacial score (nSPS) is 18.3. The lowest BCUT2D eigenvalue weighted by molar-refractivity contribution is 0.111. The second kappa shape index (κ2) is 3.31. The third-order valence-corrected chi connectivity index (χ3v) is 3.28. The van der Waals surface area contributed by atoms with Crippen molar-refractivity contribution in [2.24, 2.45) is 0 Å². The summed E-state index contributed by atoms with van der Waals surface area (Å²) < 4.78 is 3.80. The number of nitrogens with zero attached hydrogens (tertiary/aromatic N) is 2. The maximum Gasteiger partial charge on any atom is 0.171 e. The summed E-state index contributed by atoms with van der Waals surface area (Å²) in [4.78, 5) is 11.6. The molecule has 0 amide bonds. The van der Waals surface area contributed by atoms with Crippen molar-refractivity contribution in [2.45, 2.75) is 31.6 Å². The molecule has 2 rings (SSSR count). The second-order valence-electron chi connectivity index (χ2n) is 3.12. The first kappa shape index (κ1) is 7.86. The van der Waals surface area contributed by atoms with Gasteiger partial charge in [-0.1, -0.05) is 17.3 Å². The van der Waals surface area contributed by atoms with Gasteiger partial charge in [-0.15, -0.1) is 5.10 Å². The molecule has 0 bridgehead atoms. The summed E-state index contributed by atoms with van der Waals surface area (Å²) >= 11 is 1.38. The number of aromatic nitrogens is 2. The van der Waals surface area contributed by atoms with Crippen LogP contribution in [0.25, 0.3) is 0 Å². The Labute approximate surface area is 75.0 Å². The molecule has 1 aliphatic carbocycles. The Kier molecular flexibility index (Phi) is 2.17. The average molecular weight is 182 g/mol. The quantitative estimate of drug-likeness (QED) is 0.657. The molecule has 12 heavy (non-hydrogen) atoms. The van der Waals surface area contributed by atoms with Crippen LogP contribution in [-0.2, 0) is 0 Å². The van der Waals surface area contributed by atoms with Gasteiger partial charge in [-0.3, -0.25) is 4.79 Å². The highest BCUT2D eigenvalue weighted by Crippen LogP contribution is 2.36. The molecule has 0 spiro atoms. The van der Waals surface area contributed by atoms with Gasteiger partial charge in [0.05, 0.1) is 4.88 Å². The van der Waals surface area contributed by atoms with Crippen LogP contribution in [0.2, 0.25) is 0 Å². The van der Waals surface area contributed by atoms with Crippen LogP contribution in [0.5, 0.6) is 0 Å². The van der Waals surface area contributed by atoms with Crippen molar-refractivity contribution in [1.82, 2.24) is 9.59 Å². The van der Waals surface area contributed by atoms with Gasteiger partial charge in [0.1, 0.15) is 5.69 Å². The van der Waals surface area contributed by atoms with E-state index >= 15 is 0 Å². The van der Waals surface area contributed by atoms with Gasteiger partial charge in [-0.05, 0) is 30.3 Å². The second-order valence-corrected chi connectivity index (χ2v) is 3.91. The summed E-state index contributed by atoms with van der Waals surface area (Å²) in [5.41, 5.74) is 0.562. The van der Waals surface area contributed by atoms with Gasteiger partial charge in [0, 0.05) is 0 Å². The third-order valence-electron chi connectivity index (χ3n) is 2.38. The minimum Gasteiger partial charge on any atom is -0.296 e. The molecule has 3 nitrogen and oxygen atoms in total. The Morgan fingerprint density at radius 2 is 2.17 bits per heavy atom. The summed E-state index contributed by atoms with van der Waals surface area (Å²) in [7, 11) is 0. The first-order valence-corrected chi connectivity index (χ1v) is 4.96. The fourth-order valence-corrected chi connectivity index (χ4v) is 2.54. The van der Waals surface area contributed by atoms with Crippen molar-refractivity contribution in [3.05, 3.63) is 10.6 Å². The van der Waals surface area contributed by atoms with Gasteiger partial charge in [0.15, 0.2) is 6.29 Å². The Morgan fingerprint density at radius 3 is 2.83 bits per heavy atom. The van der Waals surface area contributed by atoms with Crippen LogP contribution in [0.15, 0.2) is 0 Å². The monoisotopic (exact) mass is 182 g/mol. The lowest BCUT2D eigenvalue weighted by Crippen LogP contribution is -1.93. The zero-order valence-electron chi connectivity index (χ0n) is 6.69. The third kappa shape index (κ3) is 1.27. The topological polar surface area (TPSA) is 42.9 Å². The molecule has 0 aliphatic heterocycles. The van der Waals surface area contributed by atoms with Crippen molar-refractivity contribution in [3.8, 4) is 0 Å². The van der Waals surface area contributed by atoms with Gasteiger partial charge in [0.2, 0.25) is 0 Å². The number of hydrogen-bond donors (Lipinski definition) is 0. The Hall–Kier alpha value is -0.770. The van der Waals surface area contributed by atoms with E-state index in [1.807, 2.05) is 0 Å². The minimum absolute atomic E-state index is 0.560. The number of rotatable bonds is 2. The van der Waals surface area contributed by atoms with Crippen LogP contribution in [0, 0.1) is 0 Å². The Bertz CT molecular complexity index is 278. The van der Waals surface area contributed by atoms with Crippen LogP contribution in [0.3, 0.4) is 0 Å². The molecule has 1 aromatic rings. The number of carbonyl (C=O) groups is 1. The molecule has 0 saturated heterocycles. The highest BCUT2D eigenvalue weighted by molar-refractivity contribution is 7.05. The average Bonchev–Trinajstić information content (AvgIpc) is 2.74. The van der Waals surface area contributed by atoms with Crippen molar-refractivity contribution in [3.63, 3.8) is 0 Å². The largest absolute Gasteiger partial charge is 0.296 e. The van der Waals surface area contributed by atoms with Crippen molar-refractivity contribution in [2.75, 3.05) is 0 Å². The number of hydrogen-bond acceptors (Lipinski definition) is 4. The summed E-state index contributed by atoms with van der Waals surface area (Å²) in [5, 5.41) is 3.78. The fourth-order valence-electron chi connectivity index (χ4n) is 1.76. The van der Waals surface area contributed by atoms with Crippen molar-refractivity contribution < 1.29 is 4.79 Å². The van der Waals surface area contributed by atoms with Crippen LogP contribution < -0.4 is 0 Å². The van der Waals surface area contributed by atoms with Crippen LogP contribution in [0.1, 0.15) is 47.0 Å². The summed E-state index contributed by atoms with van der Waals surface area (Å²) in [6.45, 7) is 0. The maximum absolute atomic E-state index is 10.5. The standard InChI is InChI=1S/C8H10N2OS/c11-5-7-8(12-10-9-7)6-3-1-2-4-6/h5-6H,1-4H2. The van der Waals surface area contributed by atoms with E-state index in [1.165, 1.54) is 37.2 Å². The fraction of sp³-hybridized carbons (Fsp3) is 0.625. The molecule has 1 fully saturated rings. The molecule has 1 aliphatic rings. The first-order valence-electron chi connectivity index (χ1n) is 4.19. The molecule has 4 heteroatoms. The molecule has 1 heterocycles. The summed E-state index contributed by atoms with van der Waals surface area (Å²) in [5.74, 6) is 0.560. The molecule has 1 saturated carbocycles. The van der Waals surface area contributed by atoms with E-state index in [2.05, 4.69) is 9.59 Å². The molecule has 64 valence electrons. The van der Waals surface area contributed by atoms with Gasteiger partial charge in [0.25, 0.3) is 0 Å². The maximum atomic E-state index is 10.5. The number of aldehydes is 1. The predicted octanol–water partition coefficient (Wildman–Crippen LogP) is 2.01. The Morgan fingerprint density at radius 1 is 1.42 bits per heavy atom. The van der Waals surface area contributed by atoms with E-state index in [0.717, 1.165) is 11.2 Å². The molecule has 0 N–H and O–H groups in total. The van der Waals surface area contributed by atoms with Crippen molar-refractivity contribution in [1.29, 1.82) is 0 Å². The molecular weight excluding hydrogens is 172 g/mol. The van der Waals surface area contributed by atoms with Crippen LogP contribution in [0.4, 0.5) is 0 Å². The van der Waals surface area contributed by atoms with E-state index in [4.69, 9.17) is 0 Å². The van der Waals surface area contributed by atoms with E-state index < -0.39 is 0 Å². The van der Waals surface area contributed by atoms with Crippen LogP contribution in [-0.4, -0.2) is 15.9 Å². The molecule has 0 unspecified atom stereocenters. The highest BCUT2D eigenvalue weighted by Gasteiger charge is 2.22. The van der Waals surface area contributed by atoms with Gasteiger partial charge < -0.3 is 0 Å². The first-order chi connectivity index (χ1) is 5.92. The van der Waals surface area contributed by atoms with Gasteiger partial charge >= 0.3 is 0 Å². The SMILES string of the molecule is O=Cc1nnsc1C1CCCC1. The molecule has 0 atom stereocenters. The lowest BCUT2D eigenvalue weighted by Gasteiger charge is -2.03. The smallest absolute Gasteiger partial charge is 0.171 e. The Balaban J connectivity index is 2.25. The highest BCUT2D eigenvalue weighted by atomic mass is 32.1. The predicted molar refractivity (Wildman–Crippen MR) is 46.5 cm³/mol. The molecule has 1 aromatic heterocycles. The van der Waals surface area contributed by atoms with E-state index in [-0.39, 0.29) is 0 Å². The van der Waals surface area contributed by atoms with E-state index in [9.17, 15) is 4.79 Å². The number of carbonyl (C=O) groups excluding carboxylic acids is 1. The minimum atomic E-state index is 0.560.